The number of thiol groups is 1. The third-order valence-corrected chi connectivity index (χ3v) is 0.952. The highest BCUT2D eigenvalue weighted by Gasteiger charge is 1.96. The van der Waals surface area contributed by atoms with Crippen LogP contribution in [0.3, 0.4) is 0 Å². The zero-order chi connectivity index (χ0) is 5.15. The Morgan fingerprint density at radius 2 is 2.00 bits per heavy atom. The maximum Gasteiger partial charge on any atom is 0.142 e. The average molecular weight is 104 g/mol. The Bertz CT molecular complexity index is 58.6. The lowest BCUT2D eigenvalue weighted by Gasteiger charge is -1.90. The lowest BCUT2D eigenvalue weighted by molar-refractivity contribution is -0.116. The van der Waals surface area contributed by atoms with Crippen molar-refractivity contribution in [3.05, 3.63) is 0 Å². The van der Waals surface area contributed by atoms with E-state index in [2.05, 4.69) is 12.6 Å². The number of Topliss-reactive ketones (excluding diaryl/α,β-unsaturated/α-hetero) is 1. The van der Waals surface area contributed by atoms with Crippen molar-refractivity contribution < 1.29 is 4.79 Å². The summed E-state index contributed by atoms with van der Waals surface area (Å²) >= 11 is 3.84. The molecule has 0 saturated carbocycles. The van der Waals surface area contributed by atoms with E-state index in [1.165, 1.54) is 6.92 Å². The van der Waals surface area contributed by atoms with E-state index in [4.69, 9.17) is 0 Å². The highest BCUT2D eigenvalue weighted by Crippen LogP contribution is 1.90. The minimum atomic E-state index is -0.0926. The van der Waals surface area contributed by atoms with Crippen molar-refractivity contribution in [1.82, 2.24) is 0 Å². The molecule has 2 heteroatoms. The van der Waals surface area contributed by atoms with Gasteiger partial charge in [-0.3, -0.25) is 4.79 Å². The highest BCUT2D eigenvalue weighted by atomic mass is 32.1. The van der Waals surface area contributed by atoms with Gasteiger partial charge < -0.3 is 0 Å². The quantitative estimate of drug-likeness (QED) is 0.489. The van der Waals surface area contributed by atoms with Crippen LogP contribution in [0.5, 0.6) is 0 Å². The number of rotatable bonds is 1. The fourth-order valence-electron chi connectivity index (χ4n) is 0. The van der Waals surface area contributed by atoms with Crippen molar-refractivity contribution in [2.75, 3.05) is 0 Å². The van der Waals surface area contributed by atoms with Crippen LogP contribution in [0.15, 0.2) is 0 Å². The molecule has 1 atom stereocenters. The van der Waals surface area contributed by atoms with Gasteiger partial charge in [0.15, 0.2) is 0 Å². The maximum atomic E-state index is 10.1. The normalized spacial score (nSPS) is 13.8. The Labute approximate surface area is 43.2 Å². The molecule has 0 radical (unpaired) electrons. The zero-order valence-corrected chi connectivity index (χ0v) is 4.83. The Balaban J connectivity index is 3.26. The van der Waals surface area contributed by atoms with Crippen LogP contribution in [0.1, 0.15) is 13.8 Å². The minimum absolute atomic E-state index is 0.0926. The number of hydrogen-bond acceptors (Lipinski definition) is 2. The van der Waals surface area contributed by atoms with Gasteiger partial charge in [-0.05, 0) is 13.8 Å². The fourth-order valence-corrected chi connectivity index (χ4v) is 0. The number of carbonyl (C=O) groups excluding carboxylic acids is 1. The molecule has 0 spiro atoms. The molecule has 0 aliphatic rings. The third kappa shape index (κ3) is 2.27. The molecular weight excluding hydrogens is 96.1 g/mol. The second-order valence-electron chi connectivity index (χ2n) is 1.29. The van der Waals surface area contributed by atoms with Gasteiger partial charge >= 0.3 is 0 Å². The Morgan fingerprint density at radius 1 is 1.83 bits per heavy atom. The Morgan fingerprint density at radius 3 is 2.00 bits per heavy atom. The number of hydrogen-bond donors (Lipinski definition) is 1. The van der Waals surface area contributed by atoms with Crippen molar-refractivity contribution >= 4 is 18.4 Å². The van der Waals surface area contributed by atoms with E-state index in [0.29, 0.717) is 0 Å². The van der Waals surface area contributed by atoms with E-state index in [0.717, 1.165) is 0 Å². The minimum Gasteiger partial charge on any atom is -0.299 e. The SMILES string of the molecule is CC(=O)C(C)S. The summed E-state index contributed by atoms with van der Waals surface area (Å²) in [4.78, 5) is 10.1. The first-order chi connectivity index (χ1) is 2.64. The van der Waals surface area contributed by atoms with Gasteiger partial charge in [0.05, 0.1) is 5.25 Å². The van der Waals surface area contributed by atoms with Gasteiger partial charge in [-0.15, -0.1) is 0 Å². The monoisotopic (exact) mass is 104 g/mol. The van der Waals surface area contributed by atoms with Crippen LogP contribution in [0, 0.1) is 0 Å². The first-order valence-electron chi connectivity index (χ1n) is 1.83. The van der Waals surface area contributed by atoms with Crippen molar-refractivity contribution in [2.45, 2.75) is 19.1 Å². The summed E-state index contributed by atoms with van der Waals surface area (Å²) < 4.78 is 0. The molecule has 0 fully saturated rings. The van der Waals surface area contributed by atoms with Crippen LogP contribution in [0.4, 0.5) is 0 Å². The van der Waals surface area contributed by atoms with Crippen molar-refractivity contribution in [3.63, 3.8) is 0 Å². The standard InChI is InChI=1S/C4H8OS/c1-3(5)4(2)6/h4,6H,1-2H3. The molecule has 0 aliphatic carbocycles. The van der Waals surface area contributed by atoms with Gasteiger partial charge in [0.1, 0.15) is 5.78 Å². The molecule has 0 aromatic rings. The molecule has 0 N–H and O–H groups in total. The van der Waals surface area contributed by atoms with Gasteiger partial charge in [0.2, 0.25) is 0 Å². The zero-order valence-electron chi connectivity index (χ0n) is 3.93. The van der Waals surface area contributed by atoms with Crippen LogP contribution in [0.2, 0.25) is 0 Å². The molecule has 36 valence electrons. The van der Waals surface area contributed by atoms with Gasteiger partial charge in [-0.1, -0.05) is 0 Å². The molecule has 0 aromatic heterocycles. The molecule has 0 bridgehead atoms. The van der Waals surface area contributed by atoms with Gasteiger partial charge in [0, 0.05) is 0 Å². The molecular formula is C4H8OS. The van der Waals surface area contributed by atoms with Crippen molar-refractivity contribution in [2.24, 2.45) is 0 Å². The second kappa shape index (κ2) is 2.24. The highest BCUT2D eigenvalue weighted by molar-refractivity contribution is 7.81. The molecule has 0 heterocycles. The maximum absolute atomic E-state index is 10.1. The molecule has 0 rings (SSSR count). The smallest absolute Gasteiger partial charge is 0.142 e. The summed E-state index contributed by atoms with van der Waals surface area (Å²) in [5.41, 5.74) is 0. The summed E-state index contributed by atoms with van der Waals surface area (Å²) in [5.74, 6) is 0.123. The van der Waals surface area contributed by atoms with E-state index in [1.54, 1.807) is 6.92 Å². The first kappa shape index (κ1) is 6.02. The van der Waals surface area contributed by atoms with Crippen molar-refractivity contribution in [3.8, 4) is 0 Å². The first-order valence-corrected chi connectivity index (χ1v) is 2.34. The van der Waals surface area contributed by atoms with Gasteiger partial charge in [-0.2, -0.15) is 12.6 Å². The number of carbonyl (C=O) groups is 1. The van der Waals surface area contributed by atoms with E-state index in [-0.39, 0.29) is 11.0 Å². The molecule has 0 aromatic carbocycles. The number of ketones is 1. The van der Waals surface area contributed by atoms with Gasteiger partial charge in [0.25, 0.3) is 0 Å². The van der Waals surface area contributed by atoms with Crippen LogP contribution < -0.4 is 0 Å². The summed E-state index contributed by atoms with van der Waals surface area (Å²) in [5, 5.41) is -0.0926. The predicted octanol–water partition coefficient (Wildman–Crippen LogP) is 0.894. The molecule has 0 amide bonds. The summed E-state index contributed by atoms with van der Waals surface area (Å²) in [7, 11) is 0. The Hall–Kier alpha value is 0.0200. The molecule has 0 saturated heterocycles. The average Bonchev–Trinajstić information content (AvgIpc) is 1.36. The topological polar surface area (TPSA) is 17.1 Å². The predicted molar refractivity (Wildman–Crippen MR) is 29.1 cm³/mol. The largest absolute Gasteiger partial charge is 0.299 e. The summed E-state index contributed by atoms with van der Waals surface area (Å²) in [6.07, 6.45) is 0. The van der Waals surface area contributed by atoms with Crippen LogP contribution in [-0.2, 0) is 4.79 Å². The van der Waals surface area contributed by atoms with Crippen LogP contribution >= 0.6 is 12.6 Å². The van der Waals surface area contributed by atoms with E-state index in [9.17, 15) is 4.79 Å². The lowest BCUT2D eigenvalue weighted by Crippen LogP contribution is -2.02. The summed E-state index contributed by atoms with van der Waals surface area (Å²) in [6, 6.07) is 0. The van der Waals surface area contributed by atoms with E-state index in [1.807, 2.05) is 0 Å². The second-order valence-corrected chi connectivity index (χ2v) is 2.06. The van der Waals surface area contributed by atoms with Crippen LogP contribution in [0.25, 0.3) is 0 Å². The third-order valence-electron chi connectivity index (χ3n) is 0.588. The summed E-state index contributed by atoms with van der Waals surface area (Å²) in [6.45, 7) is 3.28. The molecule has 0 aliphatic heterocycles. The van der Waals surface area contributed by atoms with Crippen molar-refractivity contribution in [1.29, 1.82) is 0 Å². The van der Waals surface area contributed by atoms with Crippen LogP contribution in [-0.4, -0.2) is 11.0 Å². The van der Waals surface area contributed by atoms with E-state index >= 15 is 0 Å². The van der Waals surface area contributed by atoms with E-state index < -0.39 is 0 Å². The molecule has 6 heavy (non-hydrogen) atoms. The molecule has 1 nitrogen and oxygen atoms in total. The fraction of sp³-hybridized carbons (Fsp3) is 0.750. The molecule has 1 unspecified atom stereocenters. The Kier molecular flexibility index (Phi) is 2.25. The lowest BCUT2D eigenvalue weighted by atomic mass is 10.3. The van der Waals surface area contributed by atoms with Gasteiger partial charge in [-0.25, -0.2) is 0 Å².